The van der Waals surface area contributed by atoms with Gasteiger partial charge in [0.2, 0.25) is 0 Å². The summed E-state index contributed by atoms with van der Waals surface area (Å²) in [6, 6.07) is 4.43. The van der Waals surface area contributed by atoms with E-state index in [4.69, 9.17) is 4.74 Å². The maximum Gasteiger partial charge on any atom is 0.0765 e. The van der Waals surface area contributed by atoms with E-state index in [0.717, 1.165) is 13.2 Å². The Morgan fingerprint density at radius 2 is 2.43 bits per heavy atom. The van der Waals surface area contributed by atoms with E-state index in [1.165, 1.54) is 22.6 Å². The molecule has 0 saturated carbocycles. The summed E-state index contributed by atoms with van der Waals surface area (Å²) in [6.07, 6.45) is 2.45. The monoisotopic (exact) mass is 211 g/mol. The molecule has 1 atom stereocenters. The molecule has 2 rings (SSSR count). The van der Waals surface area contributed by atoms with Crippen molar-refractivity contribution in [1.29, 1.82) is 0 Å². The van der Waals surface area contributed by atoms with Crippen LogP contribution in [0.25, 0.3) is 0 Å². The van der Waals surface area contributed by atoms with Crippen LogP contribution in [0.5, 0.6) is 0 Å². The molecule has 1 N–H and O–H groups in total. The van der Waals surface area contributed by atoms with Crippen molar-refractivity contribution in [2.75, 3.05) is 20.3 Å². The number of aryl methyl sites for hydroxylation is 1. The fourth-order valence-corrected chi connectivity index (χ4v) is 3.20. The Morgan fingerprint density at radius 1 is 1.57 bits per heavy atom. The molecule has 3 heteroatoms. The second-order valence-corrected chi connectivity index (χ2v) is 5.24. The number of hydrogen-bond acceptors (Lipinski definition) is 3. The average Bonchev–Trinajstić information content (AvgIpc) is 2.75. The topological polar surface area (TPSA) is 21.3 Å². The molecule has 0 radical (unpaired) electrons. The summed E-state index contributed by atoms with van der Waals surface area (Å²) in [5, 5.41) is 3.59. The molecule has 0 spiro atoms. The SMILES string of the molecule is COCC1(c2ccc(C)s2)CCCN1. The first-order chi connectivity index (χ1) is 6.77. The van der Waals surface area contributed by atoms with Crippen LogP contribution in [0, 0.1) is 6.92 Å². The minimum Gasteiger partial charge on any atom is -0.382 e. The van der Waals surface area contributed by atoms with Crippen LogP contribution < -0.4 is 5.32 Å². The van der Waals surface area contributed by atoms with Crippen LogP contribution >= 0.6 is 11.3 Å². The minimum atomic E-state index is 0.105. The maximum atomic E-state index is 5.34. The van der Waals surface area contributed by atoms with E-state index in [0.29, 0.717) is 0 Å². The molecular formula is C11H17NOS. The third kappa shape index (κ3) is 1.72. The predicted octanol–water partition coefficient (Wildman–Crippen LogP) is 2.28. The van der Waals surface area contributed by atoms with Crippen LogP contribution in [0.15, 0.2) is 12.1 Å². The Labute approximate surface area is 89.3 Å². The Balaban J connectivity index is 2.26. The molecule has 1 saturated heterocycles. The Hall–Kier alpha value is -0.380. The fraction of sp³-hybridized carbons (Fsp3) is 0.636. The second kappa shape index (κ2) is 4.01. The van der Waals surface area contributed by atoms with Crippen molar-refractivity contribution < 1.29 is 4.74 Å². The highest BCUT2D eigenvalue weighted by Gasteiger charge is 2.36. The summed E-state index contributed by atoms with van der Waals surface area (Å²) in [4.78, 5) is 2.80. The lowest BCUT2D eigenvalue weighted by Gasteiger charge is -2.27. The first kappa shape index (κ1) is 10.1. The van der Waals surface area contributed by atoms with Crippen molar-refractivity contribution in [2.24, 2.45) is 0 Å². The number of ether oxygens (including phenoxy) is 1. The van der Waals surface area contributed by atoms with Gasteiger partial charge in [-0.2, -0.15) is 0 Å². The van der Waals surface area contributed by atoms with Crippen molar-refractivity contribution in [1.82, 2.24) is 5.32 Å². The number of methoxy groups -OCH3 is 1. The van der Waals surface area contributed by atoms with Gasteiger partial charge in [-0.05, 0) is 38.4 Å². The normalized spacial score (nSPS) is 27.0. The molecule has 1 aromatic rings. The zero-order chi connectivity index (χ0) is 10.0. The maximum absolute atomic E-state index is 5.34. The molecule has 2 nitrogen and oxygen atoms in total. The molecule has 1 aliphatic heterocycles. The molecule has 0 aromatic carbocycles. The molecule has 2 heterocycles. The van der Waals surface area contributed by atoms with E-state index >= 15 is 0 Å². The minimum absolute atomic E-state index is 0.105. The molecule has 0 aliphatic carbocycles. The highest BCUT2D eigenvalue weighted by Crippen LogP contribution is 2.35. The largest absolute Gasteiger partial charge is 0.382 e. The number of hydrogen-bond donors (Lipinski definition) is 1. The average molecular weight is 211 g/mol. The first-order valence-electron chi connectivity index (χ1n) is 5.08. The van der Waals surface area contributed by atoms with Gasteiger partial charge in [-0.25, -0.2) is 0 Å². The molecular weight excluding hydrogens is 194 g/mol. The van der Waals surface area contributed by atoms with E-state index in [1.807, 2.05) is 11.3 Å². The number of rotatable bonds is 3. The van der Waals surface area contributed by atoms with Crippen molar-refractivity contribution in [3.8, 4) is 0 Å². The van der Waals surface area contributed by atoms with Gasteiger partial charge in [0.05, 0.1) is 12.1 Å². The molecule has 78 valence electrons. The van der Waals surface area contributed by atoms with E-state index in [9.17, 15) is 0 Å². The van der Waals surface area contributed by atoms with E-state index in [1.54, 1.807) is 7.11 Å². The highest BCUT2D eigenvalue weighted by molar-refractivity contribution is 7.12. The lowest BCUT2D eigenvalue weighted by atomic mass is 9.97. The highest BCUT2D eigenvalue weighted by atomic mass is 32.1. The van der Waals surface area contributed by atoms with Gasteiger partial charge in [-0.15, -0.1) is 11.3 Å². The van der Waals surface area contributed by atoms with E-state index in [-0.39, 0.29) is 5.54 Å². The van der Waals surface area contributed by atoms with E-state index < -0.39 is 0 Å². The van der Waals surface area contributed by atoms with Gasteiger partial charge in [0.15, 0.2) is 0 Å². The third-order valence-electron chi connectivity index (χ3n) is 2.85. The van der Waals surface area contributed by atoms with Gasteiger partial charge in [-0.1, -0.05) is 0 Å². The Morgan fingerprint density at radius 3 is 2.93 bits per heavy atom. The van der Waals surface area contributed by atoms with Crippen molar-refractivity contribution in [3.05, 3.63) is 21.9 Å². The number of thiophene rings is 1. The Kier molecular flexibility index (Phi) is 2.91. The molecule has 1 aliphatic rings. The number of nitrogens with one attached hydrogen (secondary N) is 1. The Bertz CT molecular complexity index is 302. The zero-order valence-electron chi connectivity index (χ0n) is 8.80. The second-order valence-electron chi connectivity index (χ2n) is 3.96. The van der Waals surface area contributed by atoms with Gasteiger partial charge in [0, 0.05) is 16.9 Å². The smallest absolute Gasteiger partial charge is 0.0765 e. The van der Waals surface area contributed by atoms with Gasteiger partial charge >= 0.3 is 0 Å². The van der Waals surface area contributed by atoms with Crippen LogP contribution in [0.1, 0.15) is 22.6 Å². The summed E-state index contributed by atoms with van der Waals surface area (Å²) in [7, 11) is 1.78. The summed E-state index contributed by atoms with van der Waals surface area (Å²) >= 11 is 1.88. The molecule has 1 fully saturated rings. The van der Waals surface area contributed by atoms with Gasteiger partial charge in [-0.3, -0.25) is 0 Å². The van der Waals surface area contributed by atoms with Crippen LogP contribution in [0.2, 0.25) is 0 Å². The van der Waals surface area contributed by atoms with Gasteiger partial charge < -0.3 is 10.1 Å². The predicted molar refractivity (Wildman–Crippen MR) is 59.8 cm³/mol. The van der Waals surface area contributed by atoms with Crippen molar-refractivity contribution >= 4 is 11.3 Å². The van der Waals surface area contributed by atoms with Crippen molar-refractivity contribution in [2.45, 2.75) is 25.3 Å². The quantitative estimate of drug-likeness (QED) is 0.828. The summed E-state index contributed by atoms with van der Waals surface area (Å²) in [5.41, 5.74) is 0.105. The lowest BCUT2D eigenvalue weighted by Crippen LogP contribution is -2.40. The molecule has 1 unspecified atom stereocenters. The first-order valence-corrected chi connectivity index (χ1v) is 5.89. The molecule has 0 bridgehead atoms. The summed E-state index contributed by atoms with van der Waals surface area (Å²) in [6.45, 7) is 4.05. The van der Waals surface area contributed by atoms with Crippen LogP contribution in [-0.4, -0.2) is 20.3 Å². The standard InChI is InChI=1S/C11H17NOS/c1-9-4-5-10(14-9)11(8-13-2)6-3-7-12-11/h4-5,12H,3,6-8H2,1-2H3. The van der Waals surface area contributed by atoms with Crippen LogP contribution in [0.4, 0.5) is 0 Å². The van der Waals surface area contributed by atoms with Gasteiger partial charge in [0.25, 0.3) is 0 Å². The van der Waals surface area contributed by atoms with E-state index in [2.05, 4.69) is 24.4 Å². The summed E-state index contributed by atoms with van der Waals surface area (Å²) < 4.78 is 5.34. The van der Waals surface area contributed by atoms with Gasteiger partial charge in [0.1, 0.15) is 0 Å². The van der Waals surface area contributed by atoms with Crippen LogP contribution in [-0.2, 0) is 10.3 Å². The molecule has 0 amide bonds. The molecule has 14 heavy (non-hydrogen) atoms. The van der Waals surface area contributed by atoms with Crippen molar-refractivity contribution in [3.63, 3.8) is 0 Å². The summed E-state index contributed by atoms with van der Waals surface area (Å²) in [5.74, 6) is 0. The lowest BCUT2D eigenvalue weighted by molar-refractivity contribution is 0.122. The van der Waals surface area contributed by atoms with Crippen LogP contribution in [0.3, 0.4) is 0 Å². The molecule has 1 aromatic heterocycles. The fourth-order valence-electron chi connectivity index (χ4n) is 2.15. The third-order valence-corrected chi connectivity index (χ3v) is 4.05. The zero-order valence-corrected chi connectivity index (χ0v) is 9.62.